The number of furan rings is 2. The fourth-order valence-electron chi connectivity index (χ4n) is 4.29. The molecule has 0 N–H and O–H groups in total. The van der Waals surface area contributed by atoms with Gasteiger partial charge in [-0.05, 0) is 72.1 Å². The van der Waals surface area contributed by atoms with Gasteiger partial charge >= 0.3 is 0 Å². The highest BCUT2D eigenvalue weighted by Gasteiger charge is 2.12. The Hall–Kier alpha value is -3.78. The average Bonchev–Trinajstić information content (AvgIpc) is 3.34. The van der Waals surface area contributed by atoms with Gasteiger partial charge in [0.05, 0.1) is 0 Å². The van der Waals surface area contributed by atoms with Crippen molar-refractivity contribution < 1.29 is 8.83 Å². The highest BCUT2D eigenvalue weighted by atomic mass is 16.3. The van der Waals surface area contributed by atoms with Gasteiger partial charge in [-0.1, -0.05) is 48.5 Å². The van der Waals surface area contributed by atoms with Crippen LogP contribution in [0.3, 0.4) is 0 Å². The van der Waals surface area contributed by atoms with Crippen LogP contribution in [0, 0.1) is 13.8 Å². The summed E-state index contributed by atoms with van der Waals surface area (Å²) in [7, 11) is 0. The lowest BCUT2D eigenvalue weighted by molar-refractivity contribution is 0.630. The molecule has 0 aliphatic carbocycles. The third-order valence-corrected chi connectivity index (χ3v) is 5.93. The smallest absolute Gasteiger partial charge is 0.135 e. The maximum Gasteiger partial charge on any atom is 0.135 e. The lowest BCUT2D eigenvalue weighted by Gasteiger charge is -2.00. The van der Waals surface area contributed by atoms with E-state index in [1.54, 1.807) is 0 Å². The van der Waals surface area contributed by atoms with Gasteiger partial charge in [0, 0.05) is 21.9 Å². The van der Waals surface area contributed by atoms with Gasteiger partial charge in [0.2, 0.25) is 0 Å². The Balaban J connectivity index is 1.52. The second-order valence-corrected chi connectivity index (χ2v) is 7.98. The fraction of sp³-hybridized carbons (Fsp3) is 0.0714. The van der Waals surface area contributed by atoms with Crippen LogP contribution in [0.2, 0.25) is 0 Å². The Morgan fingerprint density at radius 1 is 0.467 bits per heavy atom. The number of rotatable bonds is 2. The minimum Gasteiger partial charge on any atom is -0.456 e. The first-order valence-corrected chi connectivity index (χ1v) is 10.2. The van der Waals surface area contributed by atoms with E-state index in [0.717, 1.165) is 55.4 Å². The van der Waals surface area contributed by atoms with Crippen molar-refractivity contribution in [2.24, 2.45) is 0 Å². The Kier molecular flexibility index (Phi) is 3.63. The van der Waals surface area contributed by atoms with Gasteiger partial charge in [-0.25, -0.2) is 0 Å². The van der Waals surface area contributed by atoms with Crippen LogP contribution in [0.25, 0.3) is 55.4 Å². The van der Waals surface area contributed by atoms with Gasteiger partial charge in [0.25, 0.3) is 0 Å². The minimum absolute atomic E-state index is 0.905. The number of aryl methyl sites for hydroxylation is 2. The third-order valence-electron chi connectivity index (χ3n) is 5.93. The summed E-state index contributed by atoms with van der Waals surface area (Å²) in [6.45, 7) is 4.22. The Morgan fingerprint density at radius 2 is 0.900 bits per heavy atom. The molecule has 6 aromatic rings. The normalized spacial score (nSPS) is 11.7. The van der Waals surface area contributed by atoms with E-state index in [2.05, 4.69) is 86.6 Å². The predicted molar refractivity (Wildman–Crippen MR) is 124 cm³/mol. The molecule has 0 aliphatic rings. The van der Waals surface area contributed by atoms with Crippen molar-refractivity contribution in [1.82, 2.24) is 0 Å². The summed E-state index contributed by atoms with van der Waals surface area (Å²) < 4.78 is 12.4. The molecular formula is C28H20O2. The summed E-state index contributed by atoms with van der Waals surface area (Å²) in [4.78, 5) is 0. The molecule has 0 aliphatic heterocycles. The van der Waals surface area contributed by atoms with E-state index in [0.29, 0.717) is 0 Å². The van der Waals surface area contributed by atoms with Crippen molar-refractivity contribution >= 4 is 32.7 Å². The predicted octanol–water partition coefficient (Wildman–Crippen LogP) is 8.28. The summed E-state index contributed by atoms with van der Waals surface area (Å²) >= 11 is 0. The van der Waals surface area contributed by atoms with Gasteiger partial charge in [0.15, 0.2) is 0 Å². The summed E-state index contributed by atoms with van der Waals surface area (Å²) in [5, 5.41) is 4.51. The van der Waals surface area contributed by atoms with Crippen LogP contribution in [0.5, 0.6) is 0 Å². The maximum atomic E-state index is 6.22. The monoisotopic (exact) mass is 388 g/mol. The zero-order valence-corrected chi connectivity index (χ0v) is 16.9. The van der Waals surface area contributed by atoms with Crippen LogP contribution >= 0.6 is 0 Å². The van der Waals surface area contributed by atoms with Crippen LogP contribution in [0.4, 0.5) is 0 Å². The summed E-state index contributed by atoms with van der Waals surface area (Å²) in [6, 6.07) is 29.5. The zero-order valence-electron chi connectivity index (χ0n) is 16.9. The van der Waals surface area contributed by atoms with Gasteiger partial charge in [0.1, 0.15) is 22.7 Å². The molecule has 0 saturated carbocycles. The molecule has 4 aromatic carbocycles. The van der Waals surface area contributed by atoms with Crippen molar-refractivity contribution in [3.05, 3.63) is 96.1 Å². The number of hydrogen-bond donors (Lipinski definition) is 0. The van der Waals surface area contributed by atoms with E-state index in [4.69, 9.17) is 8.83 Å². The molecule has 2 heterocycles. The van der Waals surface area contributed by atoms with E-state index < -0.39 is 0 Å². The van der Waals surface area contributed by atoms with Gasteiger partial charge in [-0.3, -0.25) is 0 Å². The van der Waals surface area contributed by atoms with Gasteiger partial charge < -0.3 is 8.83 Å². The highest BCUT2D eigenvalue weighted by Crippen LogP contribution is 2.36. The lowest BCUT2D eigenvalue weighted by Crippen LogP contribution is -1.78. The molecule has 2 heteroatoms. The van der Waals surface area contributed by atoms with Crippen LogP contribution in [-0.2, 0) is 0 Å². The van der Waals surface area contributed by atoms with Gasteiger partial charge in [-0.15, -0.1) is 0 Å². The fourth-order valence-corrected chi connectivity index (χ4v) is 4.29. The van der Waals surface area contributed by atoms with Crippen LogP contribution in [0.1, 0.15) is 11.1 Å². The van der Waals surface area contributed by atoms with E-state index in [-0.39, 0.29) is 0 Å². The second-order valence-electron chi connectivity index (χ2n) is 7.98. The Morgan fingerprint density at radius 3 is 1.33 bits per heavy atom. The first-order chi connectivity index (χ1) is 14.7. The first kappa shape index (κ1) is 17.1. The Labute approximate surface area is 174 Å². The lowest BCUT2D eigenvalue weighted by atomic mass is 10.0. The molecule has 0 bridgehead atoms. The molecule has 30 heavy (non-hydrogen) atoms. The van der Waals surface area contributed by atoms with Crippen LogP contribution < -0.4 is 0 Å². The molecule has 0 radical (unpaired) electrons. The van der Waals surface area contributed by atoms with Crippen molar-refractivity contribution in [3.63, 3.8) is 0 Å². The minimum atomic E-state index is 0.905. The zero-order chi connectivity index (χ0) is 20.2. The topological polar surface area (TPSA) is 26.3 Å². The third kappa shape index (κ3) is 2.65. The molecule has 0 atom stereocenters. The van der Waals surface area contributed by atoms with E-state index in [9.17, 15) is 0 Å². The molecular weight excluding hydrogens is 368 g/mol. The molecule has 144 valence electrons. The average molecular weight is 388 g/mol. The summed E-state index contributed by atoms with van der Waals surface area (Å²) in [6.07, 6.45) is 0. The SMILES string of the molecule is Cc1ccccc1-c1cc2cc3cc4oc(-c5ccccc5C)cc4cc3cc2o1. The molecule has 2 aromatic heterocycles. The molecule has 0 unspecified atom stereocenters. The quantitative estimate of drug-likeness (QED) is 0.298. The maximum absolute atomic E-state index is 6.22. The standard InChI is InChI=1S/C28H20O2/c1-17-7-3-5-9-23(17)27-15-21-11-19-14-26-22(12-20(19)13-25(21)29-27)16-28(30-26)24-10-6-4-8-18(24)2/h3-16H,1-2H3. The van der Waals surface area contributed by atoms with Gasteiger partial charge in [-0.2, -0.15) is 0 Å². The summed E-state index contributed by atoms with van der Waals surface area (Å²) in [5.41, 5.74) is 6.50. The second kappa shape index (κ2) is 6.36. The largest absolute Gasteiger partial charge is 0.456 e. The van der Waals surface area contributed by atoms with Crippen LogP contribution in [0.15, 0.2) is 93.8 Å². The molecule has 0 fully saturated rings. The van der Waals surface area contributed by atoms with E-state index >= 15 is 0 Å². The molecule has 2 nitrogen and oxygen atoms in total. The van der Waals surface area contributed by atoms with E-state index in [1.807, 2.05) is 12.1 Å². The molecule has 6 rings (SSSR count). The number of hydrogen-bond acceptors (Lipinski definition) is 2. The van der Waals surface area contributed by atoms with E-state index in [1.165, 1.54) is 11.1 Å². The number of fused-ring (bicyclic) bond motifs is 3. The number of benzene rings is 4. The highest BCUT2D eigenvalue weighted by molar-refractivity contribution is 6.03. The van der Waals surface area contributed by atoms with Crippen molar-refractivity contribution in [1.29, 1.82) is 0 Å². The Bertz CT molecular complexity index is 1380. The van der Waals surface area contributed by atoms with Crippen molar-refractivity contribution in [3.8, 4) is 22.6 Å². The van der Waals surface area contributed by atoms with Crippen molar-refractivity contribution in [2.45, 2.75) is 13.8 Å². The molecule has 0 spiro atoms. The van der Waals surface area contributed by atoms with Crippen molar-refractivity contribution in [2.75, 3.05) is 0 Å². The molecule has 0 amide bonds. The van der Waals surface area contributed by atoms with Crippen LogP contribution in [-0.4, -0.2) is 0 Å². The molecule has 0 saturated heterocycles. The summed E-state index contributed by atoms with van der Waals surface area (Å²) in [5.74, 6) is 1.81. The first-order valence-electron chi connectivity index (χ1n) is 10.2.